The predicted molar refractivity (Wildman–Crippen MR) is 102 cm³/mol. The third-order valence-corrected chi connectivity index (χ3v) is 4.66. The van der Waals surface area contributed by atoms with Crippen molar-refractivity contribution >= 4 is 45.6 Å². The lowest BCUT2D eigenvalue weighted by molar-refractivity contribution is 0.251. The number of halogens is 1. The third kappa shape index (κ3) is 4.45. The summed E-state index contributed by atoms with van der Waals surface area (Å²) >= 11 is 7.76. The molecule has 0 atom stereocenters. The van der Waals surface area contributed by atoms with E-state index in [1.54, 1.807) is 12.3 Å². The second-order valence-corrected chi connectivity index (χ2v) is 7.12. The molecule has 0 spiro atoms. The van der Waals surface area contributed by atoms with E-state index in [-0.39, 0.29) is 6.03 Å². The summed E-state index contributed by atoms with van der Waals surface area (Å²) in [5.74, 6) is 0. The van der Waals surface area contributed by atoms with Crippen LogP contribution in [0.2, 0.25) is 5.02 Å². The van der Waals surface area contributed by atoms with Crippen molar-refractivity contribution in [1.82, 2.24) is 20.2 Å². The Morgan fingerprint density at radius 2 is 2.16 bits per heavy atom. The van der Waals surface area contributed by atoms with Crippen LogP contribution in [0.25, 0.3) is 10.9 Å². The van der Waals surface area contributed by atoms with Crippen LogP contribution in [0.15, 0.2) is 35.8 Å². The van der Waals surface area contributed by atoms with Crippen LogP contribution in [0.1, 0.15) is 10.7 Å². The summed E-state index contributed by atoms with van der Waals surface area (Å²) < 4.78 is 0. The summed E-state index contributed by atoms with van der Waals surface area (Å²) in [4.78, 5) is 23.0. The number of carbonyl (C=O) groups is 1. The average Bonchev–Trinajstić information content (AvgIpc) is 3.02. The van der Waals surface area contributed by atoms with Crippen molar-refractivity contribution in [1.29, 1.82) is 0 Å². The fourth-order valence-electron chi connectivity index (χ4n) is 2.39. The molecule has 8 heteroatoms. The Morgan fingerprint density at radius 1 is 1.32 bits per heavy atom. The number of pyridine rings is 1. The third-order valence-electron chi connectivity index (χ3n) is 3.45. The number of aromatic nitrogens is 2. The number of urea groups is 1. The molecule has 2 aromatic heterocycles. The normalized spacial score (nSPS) is 11.0. The molecule has 0 unspecified atom stereocenters. The van der Waals surface area contributed by atoms with Crippen LogP contribution in [0, 0.1) is 0 Å². The zero-order valence-corrected chi connectivity index (χ0v) is 15.5. The monoisotopic (exact) mass is 375 g/mol. The van der Waals surface area contributed by atoms with Gasteiger partial charge in [-0.25, -0.2) is 9.78 Å². The average molecular weight is 376 g/mol. The molecule has 0 aliphatic heterocycles. The van der Waals surface area contributed by atoms with Gasteiger partial charge in [-0.2, -0.15) is 0 Å². The van der Waals surface area contributed by atoms with Gasteiger partial charge in [-0.15, -0.1) is 11.3 Å². The number of hydrogen-bond donors (Lipinski definition) is 2. The molecule has 2 amide bonds. The molecule has 0 aliphatic carbocycles. The first-order chi connectivity index (χ1) is 12.0. The van der Waals surface area contributed by atoms with E-state index in [0.717, 1.165) is 28.1 Å². The van der Waals surface area contributed by atoms with Gasteiger partial charge in [0.15, 0.2) is 0 Å². The smallest absolute Gasteiger partial charge is 0.319 e. The van der Waals surface area contributed by atoms with Gasteiger partial charge in [0.05, 0.1) is 28.5 Å². The van der Waals surface area contributed by atoms with E-state index in [0.29, 0.717) is 17.3 Å². The number of benzene rings is 1. The second-order valence-electron chi connectivity index (χ2n) is 5.77. The Morgan fingerprint density at radius 3 is 2.96 bits per heavy atom. The highest BCUT2D eigenvalue weighted by atomic mass is 35.5. The van der Waals surface area contributed by atoms with Crippen LogP contribution >= 0.6 is 22.9 Å². The highest BCUT2D eigenvalue weighted by Crippen LogP contribution is 2.29. The van der Waals surface area contributed by atoms with Crippen LogP contribution in [0.4, 0.5) is 10.5 Å². The first-order valence-corrected chi connectivity index (χ1v) is 8.95. The Kier molecular flexibility index (Phi) is 5.47. The number of anilines is 1. The van der Waals surface area contributed by atoms with Crippen molar-refractivity contribution in [3.63, 3.8) is 0 Å². The quantitative estimate of drug-likeness (QED) is 0.712. The number of rotatable bonds is 5. The molecule has 2 heterocycles. The molecular formula is C17H18ClN5OS. The van der Waals surface area contributed by atoms with Gasteiger partial charge in [-0.1, -0.05) is 11.6 Å². The van der Waals surface area contributed by atoms with Crippen LogP contribution in [-0.4, -0.2) is 35.0 Å². The maximum atomic E-state index is 12.2. The summed E-state index contributed by atoms with van der Waals surface area (Å²) in [6.45, 7) is 1.14. The standard InChI is InChI=1S/C17H18ClN5OS/c1-23(2)9-11-10-25-15(21-11)8-20-17(24)22-16-12-4-3-7-19-14(12)6-5-13(16)18/h3-7,10H,8-9H2,1-2H3,(H2,20,22,24). The van der Waals surface area contributed by atoms with Crippen LogP contribution in [0.5, 0.6) is 0 Å². The second kappa shape index (κ2) is 7.77. The molecule has 25 heavy (non-hydrogen) atoms. The fourth-order valence-corrected chi connectivity index (χ4v) is 3.33. The number of thiazole rings is 1. The zero-order valence-electron chi connectivity index (χ0n) is 13.9. The molecule has 0 saturated heterocycles. The number of amides is 2. The van der Waals surface area contributed by atoms with Gasteiger partial charge in [0.2, 0.25) is 0 Å². The molecule has 3 rings (SSSR count). The Hall–Kier alpha value is -2.22. The molecule has 1 aromatic carbocycles. The lowest BCUT2D eigenvalue weighted by atomic mass is 10.2. The summed E-state index contributed by atoms with van der Waals surface area (Å²) in [5.41, 5.74) is 2.32. The van der Waals surface area contributed by atoms with Gasteiger partial charge in [0.25, 0.3) is 0 Å². The first-order valence-electron chi connectivity index (χ1n) is 7.69. The van der Waals surface area contributed by atoms with Gasteiger partial charge in [0, 0.05) is 23.5 Å². The minimum absolute atomic E-state index is 0.331. The maximum absolute atomic E-state index is 12.2. The van der Waals surface area contributed by atoms with Crippen molar-refractivity contribution in [3.8, 4) is 0 Å². The van der Waals surface area contributed by atoms with Crippen LogP contribution in [0.3, 0.4) is 0 Å². The van der Waals surface area contributed by atoms with E-state index < -0.39 is 0 Å². The fraction of sp³-hybridized carbons (Fsp3) is 0.235. The van der Waals surface area contributed by atoms with Crippen molar-refractivity contribution in [3.05, 3.63) is 51.6 Å². The van der Waals surface area contributed by atoms with Gasteiger partial charge in [-0.05, 0) is 38.4 Å². The molecule has 0 saturated carbocycles. The SMILES string of the molecule is CN(C)Cc1csc(CNC(=O)Nc2c(Cl)ccc3ncccc23)n1. The number of hydrogen-bond acceptors (Lipinski definition) is 5. The topological polar surface area (TPSA) is 70.2 Å². The van der Waals surface area contributed by atoms with Crippen molar-refractivity contribution in [2.45, 2.75) is 13.1 Å². The number of nitrogens with one attached hydrogen (secondary N) is 2. The molecule has 0 fully saturated rings. The molecule has 2 N–H and O–H groups in total. The van der Waals surface area contributed by atoms with E-state index in [1.807, 2.05) is 37.7 Å². The van der Waals surface area contributed by atoms with E-state index in [9.17, 15) is 4.79 Å². The minimum atomic E-state index is -0.331. The minimum Gasteiger partial charge on any atom is -0.331 e. The van der Waals surface area contributed by atoms with E-state index in [2.05, 4.69) is 25.5 Å². The number of nitrogens with zero attached hydrogens (tertiary/aromatic N) is 3. The van der Waals surface area contributed by atoms with Gasteiger partial charge in [-0.3, -0.25) is 4.98 Å². The largest absolute Gasteiger partial charge is 0.331 e. The molecular weight excluding hydrogens is 358 g/mol. The van der Waals surface area contributed by atoms with Crippen LogP contribution < -0.4 is 10.6 Å². The van der Waals surface area contributed by atoms with Crippen molar-refractivity contribution in [2.75, 3.05) is 19.4 Å². The summed E-state index contributed by atoms with van der Waals surface area (Å²) in [6.07, 6.45) is 1.70. The predicted octanol–water partition coefficient (Wildman–Crippen LogP) is 3.73. The summed E-state index contributed by atoms with van der Waals surface area (Å²) in [6, 6.07) is 6.90. The molecule has 0 radical (unpaired) electrons. The van der Waals surface area contributed by atoms with Crippen molar-refractivity contribution < 1.29 is 4.79 Å². The Balaban J connectivity index is 1.65. The Labute approximate surface area is 154 Å². The highest BCUT2D eigenvalue weighted by molar-refractivity contribution is 7.09. The lowest BCUT2D eigenvalue weighted by Gasteiger charge is -2.11. The zero-order chi connectivity index (χ0) is 17.8. The summed E-state index contributed by atoms with van der Waals surface area (Å²) in [5, 5.41) is 9.75. The van der Waals surface area contributed by atoms with Gasteiger partial charge in [0.1, 0.15) is 5.01 Å². The highest BCUT2D eigenvalue weighted by Gasteiger charge is 2.11. The van der Waals surface area contributed by atoms with Crippen LogP contribution in [-0.2, 0) is 13.1 Å². The Bertz CT molecular complexity index is 896. The van der Waals surface area contributed by atoms with Gasteiger partial charge >= 0.3 is 6.03 Å². The van der Waals surface area contributed by atoms with Crippen molar-refractivity contribution in [2.24, 2.45) is 0 Å². The lowest BCUT2D eigenvalue weighted by Crippen LogP contribution is -2.28. The molecule has 6 nitrogen and oxygen atoms in total. The maximum Gasteiger partial charge on any atom is 0.319 e. The number of carbonyl (C=O) groups excluding carboxylic acids is 1. The molecule has 3 aromatic rings. The summed E-state index contributed by atoms with van der Waals surface area (Å²) in [7, 11) is 3.99. The first kappa shape index (κ1) is 17.6. The van der Waals surface area contributed by atoms with E-state index in [1.165, 1.54) is 11.3 Å². The van der Waals surface area contributed by atoms with E-state index in [4.69, 9.17) is 11.6 Å². The molecule has 130 valence electrons. The van der Waals surface area contributed by atoms with Gasteiger partial charge < -0.3 is 15.5 Å². The van der Waals surface area contributed by atoms with E-state index >= 15 is 0 Å². The molecule has 0 bridgehead atoms. The molecule has 0 aliphatic rings. The number of fused-ring (bicyclic) bond motifs is 1.